The second kappa shape index (κ2) is 9.42. The van der Waals surface area contributed by atoms with Gasteiger partial charge in [0.05, 0.1) is 13.7 Å². The van der Waals surface area contributed by atoms with Gasteiger partial charge in [0, 0.05) is 12.3 Å². The summed E-state index contributed by atoms with van der Waals surface area (Å²) in [6.07, 6.45) is 0.591. The van der Waals surface area contributed by atoms with Crippen LogP contribution in [-0.2, 0) is 14.3 Å². The van der Waals surface area contributed by atoms with Gasteiger partial charge >= 0.3 is 5.97 Å². The predicted molar refractivity (Wildman–Crippen MR) is 97.1 cm³/mol. The quantitative estimate of drug-likeness (QED) is 0.688. The van der Waals surface area contributed by atoms with Gasteiger partial charge in [0.1, 0.15) is 16.9 Å². The van der Waals surface area contributed by atoms with Crippen molar-refractivity contribution in [1.29, 1.82) is 0 Å². The van der Waals surface area contributed by atoms with E-state index in [-0.39, 0.29) is 11.5 Å². The van der Waals surface area contributed by atoms with Gasteiger partial charge in [0.2, 0.25) is 0 Å². The van der Waals surface area contributed by atoms with Crippen molar-refractivity contribution in [3.05, 3.63) is 23.8 Å². The highest BCUT2D eigenvalue weighted by molar-refractivity contribution is 5.99. The molecule has 0 bridgehead atoms. The Kier molecular flexibility index (Phi) is 7.90. The van der Waals surface area contributed by atoms with Crippen LogP contribution < -0.4 is 10.1 Å². The Labute approximate surface area is 149 Å². The van der Waals surface area contributed by atoms with Crippen LogP contribution in [0.2, 0.25) is 0 Å². The Morgan fingerprint density at radius 1 is 1.20 bits per heavy atom. The highest BCUT2D eigenvalue weighted by Crippen LogP contribution is 2.27. The zero-order valence-electron chi connectivity index (χ0n) is 16.0. The Morgan fingerprint density at radius 2 is 1.88 bits per heavy atom. The van der Waals surface area contributed by atoms with Crippen LogP contribution in [0.4, 0.5) is 5.69 Å². The Hall–Kier alpha value is -2.08. The first-order valence-corrected chi connectivity index (χ1v) is 8.57. The summed E-state index contributed by atoms with van der Waals surface area (Å²) in [4.78, 5) is 24.7. The maximum atomic E-state index is 12.7. The number of ether oxygens (including phenoxy) is 3. The van der Waals surface area contributed by atoms with Crippen LogP contribution >= 0.6 is 0 Å². The molecule has 1 rings (SSSR count). The molecular formula is C19H29NO5. The molecule has 1 aromatic carbocycles. The lowest BCUT2D eigenvalue weighted by Crippen LogP contribution is -2.44. The Balaban J connectivity index is 3.08. The van der Waals surface area contributed by atoms with Crippen molar-refractivity contribution in [3.8, 4) is 5.75 Å². The topological polar surface area (TPSA) is 73.9 Å². The minimum atomic E-state index is -0.938. The highest BCUT2D eigenvalue weighted by atomic mass is 16.5. The molecule has 0 aromatic heterocycles. The largest absolute Gasteiger partial charge is 0.493 e. The molecule has 0 radical (unpaired) electrons. The van der Waals surface area contributed by atoms with Crippen LogP contribution in [0.25, 0.3) is 0 Å². The second-order valence-electron chi connectivity index (χ2n) is 6.35. The fraction of sp³-hybridized carbons (Fsp3) is 0.579. The number of nitrogens with one attached hydrogen (secondary N) is 1. The minimum absolute atomic E-state index is 0.247. The molecule has 0 saturated heterocycles. The fourth-order valence-corrected chi connectivity index (χ4v) is 2.74. The number of anilines is 1. The fourth-order valence-electron chi connectivity index (χ4n) is 2.74. The minimum Gasteiger partial charge on any atom is -0.493 e. The third kappa shape index (κ3) is 5.74. The summed E-state index contributed by atoms with van der Waals surface area (Å²) in [5, 5.41) is 2.83. The average molecular weight is 351 g/mol. The molecule has 1 unspecified atom stereocenters. The number of hydrogen-bond acceptors (Lipinski definition) is 5. The SMILES string of the molecule is CCOc1ccc(NC(=O)C(C)(CC(C)C)OCC)cc1C(=O)OC. The zero-order chi connectivity index (χ0) is 19.0. The van der Waals surface area contributed by atoms with E-state index >= 15 is 0 Å². The number of amides is 1. The van der Waals surface area contributed by atoms with E-state index in [9.17, 15) is 9.59 Å². The molecule has 140 valence electrons. The monoisotopic (exact) mass is 351 g/mol. The summed E-state index contributed by atoms with van der Waals surface area (Å²) in [5.74, 6) is -0.0484. The lowest BCUT2D eigenvalue weighted by Gasteiger charge is -2.30. The smallest absolute Gasteiger partial charge is 0.341 e. The molecule has 1 atom stereocenters. The van der Waals surface area contributed by atoms with E-state index in [1.807, 2.05) is 27.7 Å². The number of methoxy groups -OCH3 is 1. The maximum Gasteiger partial charge on any atom is 0.341 e. The highest BCUT2D eigenvalue weighted by Gasteiger charge is 2.34. The summed E-state index contributed by atoms with van der Waals surface area (Å²) < 4.78 is 15.9. The second-order valence-corrected chi connectivity index (χ2v) is 6.35. The van der Waals surface area contributed by atoms with Crippen LogP contribution in [0.3, 0.4) is 0 Å². The van der Waals surface area contributed by atoms with Crippen molar-refractivity contribution in [2.45, 2.75) is 46.6 Å². The van der Waals surface area contributed by atoms with Gasteiger partial charge in [-0.1, -0.05) is 13.8 Å². The van der Waals surface area contributed by atoms with Crippen LogP contribution in [-0.4, -0.2) is 37.8 Å². The standard InChI is InChI=1S/C19H29NO5/c1-7-24-16-10-9-14(11-15(16)17(21)23-6)20-18(22)19(5,25-8-2)12-13(3)4/h9-11,13H,7-8,12H2,1-6H3,(H,20,22). The van der Waals surface area contributed by atoms with Crippen molar-refractivity contribution >= 4 is 17.6 Å². The summed E-state index contributed by atoms with van der Waals surface area (Å²) in [5.41, 5.74) is -0.180. The molecule has 0 heterocycles. The van der Waals surface area contributed by atoms with Gasteiger partial charge in [-0.3, -0.25) is 4.79 Å². The van der Waals surface area contributed by atoms with Crippen LogP contribution in [0, 0.1) is 5.92 Å². The number of hydrogen-bond donors (Lipinski definition) is 1. The van der Waals surface area contributed by atoms with Gasteiger partial charge < -0.3 is 19.5 Å². The molecule has 0 aliphatic heterocycles. The van der Waals surface area contributed by atoms with Crippen molar-refractivity contribution in [2.24, 2.45) is 5.92 Å². The van der Waals surface area contributed by atoms with E-state index < -0.39 is 11.6 Å². The van der Waals surface area contributed by atoms with Gasteiger partial charge in [-0.15, -0.1) is 0 Å². The van der Waals surface area contributed by atoms with Gasteiger partial charge in [-0.25, -0.2) is 4.79 Å². The molecule has 0 spiro atoms. The molecule has 0 saturated carbocycles. The molecule has 0 aliphatic rings. The van der Waals surface area contributed by atoms with Crippen LogP contribution in [0.1, 0.15) is 51.4 Å². The first-order chi connectivity index (χ1) is 11.8. The molecule has 0 fully saturated rings. The first-order valence-electron chi connectivity index (χ1n) is 8.57. The van der Waals surface area contributed by atoms with E-state index in [0.717, 1.165) is 0 Å². The lowest BCUT2D eigenvalue weighted by molar-refractivity contribution is -0.140. The van der Waals surface area contributed by atoms with E-state index in [2.05, 4.69) is 5.32 Å². The number of esters is 1. The van der Waals surface area contributed by atoms with E-state index in [0.29, 0.717) is 37.0 Å². The number of carbonyl (C=O) groups excluding carboxylic acids is 2. The normalized spacial score (nSPS) is 13.2. The summed E-state index contributed by atoms with van der Waals surface area (Å²) in [7, 11) is 1.30. The summed E-state index contributed by atoms with van der Waals surface area (Å²) >= 11 is 0. The number of carbonyl (C=O) groups is 2. The van der Waals surface area contributed by atoms with Crippen LogP contribution in [0.15, 0.2) is 18.2 Å². The molecule has 1 amide bonds. The van der Waals surface area contributed by atoms with Gasteiger partial charge in [-0.05, 0) is 51.3 Å². The summed E-state index contributed by atoms with van der Waals surface area (Å²) in [6.45, 7) is 10.4. The van der Waals surface area contributed by atoms with E-state index in [4.69, 9.17) is 14.2 Å². The molecule has 0 aliphatic carbocycles. The van der Waals surface area contributed by atoms with Gasteiger partial charge in [-0.2, -0.15) is 0 Å². The molecular weight excluding hydrogens is 322 g/mol. The molecule has 1 aromatic rings. The molecule has 25 heavy (non-hydrogen) atoms. The molecule has 6 heteroatoms. The molecule has 6 nitrogen and oxygen atoms in total. The van der Waals surface area contributed by atoms with Crippen molar-refractivity contribution < 1.29 is 23.8 Å². The first kappa shape index (κ1) is 21.0. The Morgan fingerprint density at radius 3 is 2.40 bits per heavy atom. The maximum absolute atomic E-state index is 12.7. The average Bonchev–Trinajstić information content (AvgIpc) is 2.55. The van der Waals surface area contributed by atoms with Crippen molar-refractivity contribution in [1.82, 2.24) is 0 Å². The predicted octanol–water partition coefficient (Wildman–Crippen LogP) is 3.65. The van der Waals surface area contributed by atoms with E-state index in [1.54, 1.807) is 25.1 Å². The third-order valence-corrected chi connectivity index (χ3v) is 3.68. The van der Waals surface area contributed by atoms with Gasteiger partial charge in [0.25, 0.3) is 5.91 Å². The van der Waals surface area contributed by atoms with Crippen molar-refractivity contribution in [2.75, 3.05) is 25.6 Å². The molecule has 1 N–H and O–H groups in total. The van der Waals surface area contributed by atoms with Crippen LogP contribution in [0.5, 0.6) is 5.75 Å². The van der Waals surface area contributed by atoms with E-state index in [1.165, 1.54) is 7.11 Å². The Bertz CT molecular complexity index is 599. The number of rotatable bonds is 9. The lowest BCUT2D eigenvalue weighted by atomic mass is 9.93. The van der Waals surface area contributed by atoms with Crippen molar-refractivity contribution in [3.63, 3.8) is 0 Å². The third-order valence-electron chi connectivity index (χ3n) is 3.68. The zero-order valence-corrected chi connectivity index (χ0v) is 16.0. The van der Waals surface area contributed by atoms with Gasteiger partial charge in [0.15, 0.2) is 0 Å². The number of benzene rings is 1. The summed E-state index contributed by atoms with van der Waals surface area (Å²) in [6, 6.07) is 4.89.